The summed E-state index contributed by atoms with van der Waals surface area (Å²) in [5.41, 5.74) is 0.875. The molecule has 7 nitrogen and oxygen atoms in total. The number of carbonyl (C=O) groups excluding carboxylic acids is 2. The molecule has 0 aliphatic carbocycles. The predicted molar refractivity (Wildman–Crippen MR) is 97.5 cm³/mol. The summed E-state index contributed by atoms with van der Waals surface area (Å²) in [6, 6.07) is 2.83. The van der Waals surface area contributed by atoms with Crippen molar-refractivity contribution in [3.8, 4) is 5.75 Å². The average molecular weight is 398 g/mol. The van der Waals surface area contributed by atoms with Gasteiger partial charge in [0.25, 0.3) is 0 Å². The van der Waals surface area contributed by atoms with Crippen molar-refractivity contribution in [1.82, 2.24) is 4.90 Å². The Hall–Kier alpha value is -1.99. The third-order valence-electron chi connectivity index (χ3n) is 4.27. The highest BCUT2D eigenvalue weighted by atomic mass is 35.5. The molecule has 1 saturated heterocycles. The van der Waals surface area contributed by atoms with Crippen LogP contribution in [-0.4, -0.2) is 41.9 Å². The zero-order valence-electron chi connectivity index (χ0n) is 15.7. The van der Waals surface area contributed by atoms with Gasteiger partial charge < -0.3 is 18.9 Å². The lowest BCUT2D eigenvalue weighted by molar-refractivity contribution is -0.150. The molecule has 0 saturated carbocycles. The maximum Gasteiger partial charge on any atom is 0.411 e. The van der Waals surface area contributed by atoms with Crippen molar-refractivity contribution in [2.75, 3.05) is 13.3 Å². The molecule has 1 aromatic rings. The number of halogens is 1. The second-order valence-electron chi connectivity index (χ2n) is 7.60. The molecular weight excluding hydrogens is 374 g/mol. The molecule has 0 aromatic heterocycles. The van der Waals surface area contributed by atoms with Gasteiger partial charge in [-0.15, -0.1) is 0 Å². The van der Waals surface area contributed by atoms with Crippen molar-refractivity contribution in [2.45, 2.75) is 58.5 Å². The summed E-state index contributed by atoms with van der Waals surface area (Å²) < 4.78 is 21.6. The largest absolute Gasteiger partial charge is 0.467 e. The van der Waals surface area contributed by atoms with Crippen molar-refractivity contribution in [1.29, 1.82) is 0 Å². The van der Waals surface area contributed by atoms with E-state index >= 15 is 0 Å². The maximum atomic E-state index is 12.6. The molecule has 0 unspecified atom stereocenters. The highest BCUT2D eigenvalue weighted by molar-refractivity contribution is 6.30. The molecular formula is C19H24ClNO6. The lowest BCUT2D eigenvalue weighted by atomic mass is 10.1. The van der Waals surface area contributed by atoms with Crippen LogP contribution in [0.3, 0.4) is 0 Å². The number of amides is 1. The molecule has 0 N–H and O–H groups in total. The van der Waals surface area contributed by atoms with Crippen LogP contribution >= 0.6 is 11.6 Å². The summed E-state index contributed by atoms with van der Waals surface area (Å²) >= 11 is 6.13. The maximum absolute atomic E-state index is 12.6. The minimum atomic E-state index is -0.640. The fraction of sp³-hybridized carbons (Fsp3) is 0.579. The standard InChI is InChI=1S/C19H24ClNO6/c1-19(2,3)27-18(23)21-6-4-5-15(21)17(22)25-10-13-8-14(20)7-12-9-24-11-26-16(12)13/h7-8,15H,4-6,9-11H2,1-3H3/t15-/m0/s1. The molecule has 148 valence electrons. The monoisotopic (exact) mass is 397 g/mol. The van der Waals surface area contributed by atoms with Gasteiger partial charge in [-0.2, -0.15) is 0 Å². The number of rotatable bonds is 3. The normalized spacial score (nSPS) is 19.3. The highest BCUT2D eigenvalue weighted by Crippen LogP contribution is 2.32. The molecule has 1 aromatic carbocycles. The third kappa shape index (κ3) is 4.84. The molecule has 27 heavy (non-hydrogen) atoms. The van der Waals surface area contributed by atoms with Gasteiger partial charge in [0.15, 0.2) is 6.79 Å². The Labute approximate surface area is 163 Å². The molecule has 1 atom stereocenters. The van der Waals surface area contributed by atoms with Gasteiger partial charge in [0.05, 0.1) is 6.61 Å². The number of hydrogen-bond donors (Lipinski definition) is 0. The van der Waals surface area contributed by atoms with Gasteiger partial charge in [0, 0.05) is 22.7 Å². The first kappa shape index (κ1) is 19.8. The molecule has 2 aliphatic heterocycles. The molecule has 2 heterocycles. The third-order valence-corrected chi connectivity index (χ3v) is 4.49. The minimum Gasteiger partial charge on any atom is -0.467 e. The van der Waals surface area contributed by atoms with Crippen LogP contribution in [-0.2, 0) is 32.2 Å². The van der Waals surface area contributed by atoms with E-state index in [0.29, 0.717) is 35.9 Å². The van der Waals surface area contributed by atoms with Gasteiger partial charge in [-0.3, -0.25) is 4.90 Å². The van der Waals surface area contributed by atoms with Gasteiger partial charge in [0.2, 0.25) is 0 Å². The van der Waals surface area contributed by atoms with Gasteiger partial charge in [-0.1, -0.05) is 11.6 Å². The van der Waals surface area contributed by atoms with E-state index in [0.717, 1.165) is 12.0 Å². The number of likely N-dealkylation sites (tertiary alicyclic amines) is 1. The fourth-order valence-electron chi connectivity index (χ4n) is 3.16. The van der Waals surface area contributed by atoms with Crippen LogP contribution in [0.5, 0.6) is 5.75 Å². The van der Waals surface area contributed by atoms with Crippen molar-refractivity contribution in [2.24, 2.45) is 0 Å². The van der Waals surface area contributed by atoms with Crippen molar-refractivity contribution in [3.05, 3.63) is 28.3 Å². The molecule has 8 heteroatoms. The number of hydrogen-bond acceptors (Lipinski definition) is 6. The van der Waals surface area contributed by atoms with Crippen LogP contribution in [0.25, 0.3) is 0 Å². The SMILES string of the molecule is CC(C)(C)OC(=O)N1CCC[C@H]1C(=O)OCc1cc(Cl)cc2c1OCOC2. The van der Waals surface area contributed by atoms with Gasteiger partial charge in [-0.25, -0.2) is 9.59 Å². The van der Waals surface area contributed by atoms with Gasteiger partial charge >= 0.3 is 12.1 Å². The molecule has 0 spiro atoms. The Morgan fingerprint density at radius 3 is 2.85 bits per heavy atom. The molecule has 2 aliphatic rings. The zero-order chi connectivity index (χ0) is 19.6. The number of nitrogens with zero attached hydrogens (tertiary/aromatic N) is 1. The van der Waals surface area contributed by atoms with E-state index in [2.05, 4.69) is 0 Å². The van der Waals surface area contributed by atoms with Crippen LogP contribution in [0.1, 0.15) is 44.7 Å². The summed E-state index contributed by atoms with van der Waals surface area (Å²) in [6.07, 6.45) is 0.782. The van der Waals surface area contributed by atoms with Crippen LogP contribution in [0.2, 0.25) is 5.02 Å². The Bertz CT molecular complexity index is 730. The smallest absolute Gasteiger partial charge is 0.411 e. The zero-order valence-corrected chi connectivity index (χ0v) is 16.5. The highest BCUT2D eigenvalue weighted by Gasteiger charge is 2.37. The summed E-state index contributed by atoms with van der Waals surface area (Å²) in [5.74, 6) is 0.174. The van der Waals surface area contributed by atoms with Crippen LogP contribution in [0, 0.1) is 0 Å². The predicted octanol–water partition coefficient (Wildman–Crippen LogP) is 3.65. The van der Waals surface area contributed by atoms with E-state index in [4.69, 9.17) is 30.5 Å². The molecule has 0 bridgehead atoms. The Morgan fingerprint density at radius 1 is 1.33 bits per heavy atom. The Kier molecular flexibility index (Phi) is 5.81. The molecule has 3 rings (SSSR count). The van der Waals surface area contributed by atoms with E-state index < -0.39 is 23.7 Å². The number of ether oxygens (including phenoxy) is 4. The minimum absolute atomic E-state index is 0.0143. The van der Waals surface area contributed by atoms with Gasteiger partial charge in [0.1, 0.15) is 24.0 Å². The topological polar surface area (TPSA) is 74.3 Å². The van der Waals surface area contributed by atoms with Crippen LogP contribution in [0.15, 0.2) is 12.1 Å². The first-order valence-corrected chi connectivity index (χ1v) is 9.30. The number of esters is 1. The van der Waals surface area contributed by atoms with Gasteiger partial charge in [-0.05, 0) is 45.7 Å². The molecule has 1 fully saturated rings. The number of fused-ring (bicyclic) bond motifs is 1. The van der Waals surface area contributed by atoms with Crippen molar-refractivity contribution >= 4 is 23.7 Å². The second-order valence-corrected chi connectivity index (χ2v) is 8.04. The second kappa shape index (κ2) is 7.94. The van der Waals surface area contributed by atoms with E-state index in [1.165, 1.54) is 4.90 Å². The van der Waals surface area contributed by atoms with E-state index in [9.17, 15) is 9.59 Å². The quantitative estimate of drug-likeness (QED) is 0.725. The molecule has 1 amide bonds. The first-order valence-electron chi connectivity index (χ1n) is 8.93. The summed E-state index contributed by atoms with van der Waals surface area (Å²) in [7, 11) is 0. The van der Waals surface area contributed by atoms with E-state index in [-0.39, 0.29) is 13.4 Å². The van der Waals surface area contributed by atoms with Crippen LogP contribution in [0.4, 0.5) is 4.79 Å². The van der Waals surface area contributed by atoms with Crippen molar-refractivity contribution in [3.63, 3.8) is 0 Å². The van der Waals surface area contributed by atoms with Crippen molar-refractivity contribution < 1.29 is 28.5 Å². The first-order chi connectivity index (χ1) is 12.7. The Balaban J connectivity index is 1.65. The number of benzene rings is 1. The average Bonchev–Trinajstić information content (AvgIpc) is 3.07. The molecule has 0 radical (unpaired) electrons. The van der Waals surface area contributed by atoms with E-state index in [1.54, 1.807) is 32.9 Å². The lowest BCUT2D eigenvalue weighted by Crippen LogP contribution is -2.44. The number of carbonyl (C=O) groups is 2. The fourth-order valence-corrected chi connectivity index (χ4v) is 3.42. The summed E-state index contributed by atoms with van der Waals surface area (Å²) in [5, 5.41) is 0.519. The lowest BCUT2D eigenvalue weighted by Gasteiger charge is -2.27. The Morgan fingerprint density at radius 2 is 2.11 bits per heavy atom. The summed E-state index contributed by atoms with van der Waals surface area (Å²) in [6.45, 7) is 6.40. The van der Waals surface area contributed by atoms with E-state index in [1.807, 2.05) is 0 Å². The summed E-state index contributed by atoms with van der Waals surface area (Å²) in [4.78, 5) is 26.3. The van der Waals surface area contributed by atoms with Crippen LogP contribution < -0.4 is 4.74 Å².